The molecule has 1 aromatic heterocycles. The Morgan fingerprint density at radius 3 is 2.81 bits per heavy atom. The molecule has 2 N–H and O–H groups in total. The molecule has 1 aromatic carbocycles. The highest BCUT2D eigenvalue weighted by Crippen LogP contribution is 2.23. The van der Waals surface area contributed by atoms with Crippen molar-refractivity contribution in [2.75, 3.05) is 0 Å². The van der Waals surface area contributed by atoms with Crippen LogP contribution < -0.4 is 10.5 Å². The zero-order valence-electron chi connectivity index (χ0n) is 12.1. The predicted octanol–water partition coefficient (Wildman–Crippen LogP) is 3.33. The first-order chi connectivity index (χ1) is 10.1. The van der Waals surface area contributed by atoms with Crippen LogP contribution in [-0.4, -0.2) is 14.8 Å². The van der Waals surface area contributed by atoms with Gasteiger partial charge in [0.05, 0.1) is 16.4 Å². The summed E-state index contributed by atoms with van der Waals surface area (Å²) in [5, 5.41) is 5.15. The quantitative estimate of drug-likeness (QED) is 0.828. The average molecular weight is 324 g/mol. The van der Waals surface area contributed by atoms with Crippen molar-refractivity contribution in [1.29, 1.82) is 0 Å². The summed E-state index contributed by atoms with van der Waals surface area (Å²) >= 11 is 11.3. The molecule has 0 amide bonds. The lowest BCUT2D eigenvalue weighted by Crippen LogP contribution is -2.10. The first-order valence-corrected chi connectivity index (χ1v) is 7.62. The Hall–Kier alpha value is -1.59. The minimum atomic E-state index is 0.352. The molecule has 0 bridgehead atoms. The van der Waals surface area contributed by atoms with Gasteiger partial charge in [-0.3, -0.25) is 4.68 Å². The van der Waals surface area contributed by atoms with Gasteiger partial charge in [0.2, 0.25) is 0 Å². The number of nitrogens with two attached hydrogens (primary N) is 1. The van der Waals surface area contributed by atoms with Crippen molar-refractivity contribution in [1.82, 2.24) is 9.78 Å². The van der Waals surface area contributed by atoms with E-state index in [-0.39, 0.29) is 0 Å². The second-order valence-corrected chi connectivity index (χ2v) is 5.38. The summed E-state index contributed by atoms with van der Waals surface area (Å²) in [6, 6.07) is 7.40. The predicted molar refractivity (Wildman–Crippen MR) is 89.0 cm³/mol. The van der Waals surface area contributed by atoms with Gasteiger partial charge in [0.15, 0.2) is 0 Å². The van der Waals surface area contributed by atoms with Gasteiger partial charge in [-0.05, 0) is 25.5 Å². The molecule has 0 saturated carbocycles. The van der Waals surface area contributed by atoms with Crippen LogP contribution in [0, 0.1) is 0 Å². The molecule has 0 aliphatic heterocycles. The molecule has 4 nitrogen and oxygen atoms in total. The molecule has 0 fully saturated rings. The molecule has 1 heterocycles. The number of benzene rings is 1. The lowest BCUT2D eigenvalue weighted by Gasteiger charge is -2.09. The second-order valence-electron chi connectivity index (χ2n) is 4.56. The Kier molecular flexibility index (Phi) is 5.20. The van der Waals surface area contributed by atoms with Crippen molar-refractivity contribution in [3.63, 3.8) is 0 Å². The first-order valence-electron chi connectivity index (χ1n) is 6.83. The van der Waals surface area contributed by atoms with Crippen molar-refractivity contribution in [2.45, 2.75) is 33.4 Å². The molecule has 2 rings (SSSR count). The minimum absolute atomic E-state index is 0.352. The number of ether oxygens (including phenoxy) is 1. The molecule has 112 valence electrons. The number of rotatable bonds is 6. The molecular formula is C15H18ClN3OS. The van der Waals surface area contributed by atoms with E-state index in [4.69, 9.17) is 34.3 Å². The van der Waals surface area contributed by atoms with Crippen LogP contribution in [0.2, 0.25) is 5.02 Å². The molecule has 0 atom stereocenters. The number of hydrogen-bond acceptors (Lipinski definition) is 3. The van der Waals surface area contributed by atoms with Gasteiger partial charge in [-0.2, -0.15) is 5.10 Å². The summed E-state index contributed by atoms with van der Waals surface area (Å²) < 4.78 is 7.68. The fourth-order valence-corrected chi connectivity index (χ4v) is 2.50. The van der Waals surface area contributed by atoms with Crippen LogP contribution in [0.3, 0.4) is 0 Å². The van der Waals surface area contributed by atoms with E-state index < -0.39 is 0 Å². The highest BCUT2D eigenvalue weighted by Gasteiger charge is 2.14. The van der Waals surface area contributed by atoms with E-state index in [2.05, 4.69) is 5.10 Å². The molecule has 0 radical (unpaired) electrons. The number of halogens is 1. The van der Waals surface area contributed by atoms with Crippen LogP contribution in [0.1, 0.15) is 30.8 Å². The minimum Gasteiger partial charge on any atom is -0.487 e. The summed E-state index contributed by atoms with van der Waals surface area (Å²) in [4.78, 5) is 0.352. The normalized spacial score (nSPS) is 10.6. The van der Waals surface area contributed by atoms with Crippen molar-refractivity contribution < 1.29 is 4.74 Å². The maximum absolute atomic E-state index is 6.35. The largest absolute Gasteiger partial charge is 0.487 e. The Morgan fingerprint density at radius 1 is 1.43 bits per heavy atom. The third-order valence-electron chi connectivity index (χ3n) is 3.19. The van der Waals surface area contributed by atoms with Crippen molar-refractivity contribution in [3.8, 4) is 5.75 Å². The summed E-state index contributed by atoms with van der Waals surface area (Å²) in [5.41, 5.74) is 8.19. The van der Waals surface area contributed by atoms with E-state index in [0.29, 0.717) is 22.4 Å². The van der Waals surface area contributed by atoms with E-state index in [1.54, 1.807) is 0 Å². The molecule has 0 unspecified atom stereocenters. The van der Waals surface area contributed by atoms with Crippen LogP contribution in [-0.2, 0) is 19.6 Å². The van der Waals surface area contributed by atoms with E-state index in [9.17, 15) is 0 Å². The molecule has 0 spiro atoms. The van der Waals surface area contributed by atoms with Gasteiger partial charge in [0, 0.05) is 12.1 Å². The molecule has 0 aliphatic rings. The van der Waals surface area contributed by atoms with Gasteiger partial charge in [-0.15, -0.1) is 0 Å². The Balaban J connectivity index is 2.18. The van der Waals surface area contributed by atoms with E-state index in [1.807, 2.05) is 42.8 Å². The molecule has 6 heteroatoms. The maximum Gasteiger partial charge on any atom is 0.131 e. The van der Waals surface area contributed by atoms with E-state index in [1.165, 1.54) is 0 Å². The van der Waals surface area contributed by atoms with Gasteiger partial charge in [-0.1, -0.05) is 42.9 Å². The Bertz CT molecular complexity index is 654. The van der Waals surface area contributed by atoms with Gasteiger partial charge >= 0.3 is 0 Å². The molecule has 21 heavy (non-hydrogen) atoms. The van der Waals surface area contributed by atoms with Crippen LogP contribution >= 0.6 is 23.8 Å². The van der Waals surface area contributed by atoms with Gasteiger partial charge < -0.3 is 10.5 Å². The maximum atomic E-state index is 6.35. The van der Waals surface area contributed by atoms with Crippen molar-refractivity contribution in [3.05, 3.63) is 46.2 Å². The topological polar surface area (TPSA) is 53.1 Å². The summed E-state index contributed by atoms with van der Waals surface area (Å²) in [5.74, 6) is 0.707. The number of hydrogen-bond donors (Lipinski definition) is 1. The van der Waals surface area contributed by atoms with Gasteiger partial charge in [0.1, 0.15) is 17.3 Å². The fourth-order valence-electron chi connectivity index (χ4n) is 2.05. The van der Waals surface area contributed by atoms with Crippen LogP contribution in [0.5, 0.6) is 5.75 Å². The summed E-state index contributed by atoms with van der Waals surface area (Å²) in [7, 11) is 0. The number of aryl methyl sites for hydroxylation is 2. The first kappa shape index (κ1) is 15.8. The van der Waals surface area contributed by atoms with Crippen molar-refractivity contribution >= 4 is 28.8 Å². The smallest absolute Gasteiger partial charge is 0.131 e. The fraction of sp³-hybridized carbons (Fsp3) is 0.333. The molecule has 0 saturated heterocycles. The zero-order chi connectivity index (χ0) is 15.4. The summed E-state index contributed by atoms with van der Waals surface area (Å²) in [6.07, 6.45) is 0.801. The van der Waals surface area contributed by atoms with Gasteiger partial charge in [-0.25, -0.2) is 0 Å². The molecule has 2 aromatic rings. The van der Waals surface area contributed by atoms with Crippen LogP contribution in [0.4, 0.5) is 0 Å². The van der Waals surface area contributed by atoms with E-state index in [0.717, 1.165) is 29.9 Å². The van der Waals surface area contributed by atoms with Crippen LogP contribution in [0.25, 0.3) is 0 Å². The standard InChI is InChI=1S/C15H18ClN3OS/c1-3-12-14(16)13(19(4-2)18-12)9-20-11-7-5-6-10(8-11)15(17)21/h5-8H,3-4,9H2,1-2H3,(H2,17,21). The van der Waals surface area contributed by atoms with Crippen molar-refractivity contribution in [2.24, 2.45) is 5.73 Å². The lowest BCUT2D eigenvalue weighted by atomic mass is 10.2. The van der Waals surface area contributed by atoms with E-state index >= 15 is 0 Å². The Morgan fingerprint density at radius 2 is 2.19 bits per heavy atom. The number of nitrogens with zero attached hydrogens (tertiary/aromatic N) is 2. The number of thiocarbonyl (C=S) groups is 1. The lowest BCUT2D eigenvalue weighted by molar-refractivity contribution is 0.292. The second kappa shape index (κ2) is 6.91. The number of aromatic nitrogens is 2. The average Bonchev–Trinajstić information content (AvgIpc) is 2.81. The molecular weight excluding hydrogens is 306 g/mol. The highest BCUT2D eigenvalue weighted by molar-refractivity contribution is 7.80. The third-order valence-corrected chi connectivity index (χ3v) is 3.86. The summed E-state index contributed by atoms with van der Waals surface area (Å²) in [6.45, 7) is 5.18. The SMILES string of the molecule is CCc1nn(CC)c(COc2cccc(C(N)=S)c2)c1Cl. The van der Waals surface area contributed by atoms with Crippen LogP contribution in [0.15, 0.2) is 24.3 Å². The zero-order valence-corrected chi connectivity index (χ0v) is 13.7. The highest BCUT2D eigenvalue weighted by atomic mass is 35.5. The third kappa shape index (κ3) is 3.54. The molecule has 0 aliphatic carbocycles. The van der Waals surface area contributed by atoms with Gasteiger partial charge in [0.25, 0.3) is 0 Å². The Labute approximate surface area is 134 Å². The monoisotopic (exact) mass is 323 g/mol.